The molecule has 0 bridgehead atoms. The molecular formula is C23H21NO3. The van der Waals surface area contributed by atoms with E-state index in [9.17, 15) is 9.59 Å². The summed E-state index contributed by atoms with van der Waals surface area (Å²) in [5.41, 5.74) is 3.45. The van der Waals surface area contributed by atoms with Crippen LogP contribution in [0.15, 0.2) is 72.8 Å². The number of benzene rings is 3. The van der Waals surface area contributed by atoms with Crippen LogP contribution in [-0.4, -0.2) is 18.3 Å². The quantitative estimate of drug-likeness (QED) is 0.657. The average molecular weight is 359 g/mol. The van der Waals surface area contributed by atoms with Gasteiger partial charge in [-0.1, -0.05) is 60.7 Å². The molecule has 3 aromatic carbocycles. The van der Waals surface area contributed by atoms with Gasteiger partial charge in [0.1, 0.15) is 5.75 Å². The first kappa shape index (κ1) is 18.4. The van der Waals surface area contributed by atoms with Gasteiger partial charge in [-0.25, -0.2) is 0 Å². The Hall–Kier alpha value is -3.40. The first-order chi connectivity index (χ1) is 13.1. The molecule has 0 aromatic heterocycles. The summed E-state index contributed by atoms with van der Waals surface area (Å²) >= 11 is 0. The minimum absolute atomic E-state index is 0.125. The zero-order valence-electron chi connectivity index (χ0n) is 15.4. The van der Waals surface area contributed by atoms with Gasteiger partial charge in [-0.05, 0) is 37.1 Å². The number of rotatable bonds is 6. The predicted octanol–water partition coefficient (Wildman–Crippen LogP) is 4.55. The van der Waals surface area contributed by atoms with E-state index in [0.717, 1.165) is 11.1 Å². The third-order valence-electron chi connectivity index (χ3n) is 4.24. The number of carbonyl (C=O) groups is 2. The maximum absolute atomic E-state index is 12.7. The molecule has 1 amide bonds. The lowest BCUT2D eigenvalue weighted by atomic mass is 10.0. The number of ether oxygens (including phenoxy) is 1. The molecule has 1 N–H and O–H groups in total. The zero-order chi connectivity index (χ0) is 19.2. The van der Waals surface area contributed by atoms with Gasteiger partial charge in [0.15, 0.2) is 12.4 Å². The van der Waals surface area contributed by atoms with Crippen LogP contribution in [0, 0.1) is 13.8 Å². The number of hydrogen-bond acceptors (Lipinski definition) is 3. The zero-order valence-corrected chi connectivity index (χ0v) is 15.4. The minimum atomic E-state index is -0.314. The van der Waals surface area contributed by atoms with Crippen molar-refractivity contribution in [2.75, 3.05) is 11.9 Å². The fraction of sp³-hybridized carbons (Fsp3) is 0.130. The first-order valence-electron chi connectivity index (χ1n) is 8.74. The van der Waals surface area contributed by atoms with Crippen LogP contribution in [0.5, 0.6) is 5.75 Å². The Morgan fingerprint density at radius 2 is 1.44 bits per heavy atom. The van der Waals surface area contributed by atoms with Gasteiger partial charge in [0.2, 0.25) is 0 Å². The van der Waals surface area contributed by atoms with E-state index in [1.807, 2.05) is 50.2 Å². The Morgan fingerprint density at radius 3 is 2.15 bits per heavy atom. The van der Waals surface area contributed by atoms with Gasteiger partial charge in [-0.15, -0.1) is 0 Å². The van der Waals surface area contributed by atoms with E-state index in [-0.39, 0.29) is 18.3 Å². The molecule has 0 unspecified atom stereocenters. The Kier molecular flexibility index (Phi) is 5.67. The molecule has 4 nitrogen and oxygen atoms in total. The highest BCUT2D eigenvalue weighted by molar-refractivity contribution is 6.13. The molecule has 0 aliphatic carbocycles. The number of amides is 1. The van der Waals surface area contributed by atoms with Gasteiger partial charge < -0.3 is 10.1 Å². The second-order valence-corrected chi connectivity index (χ2v) is 6.30. The Morgan fingerprint density at radius 1 is 0.815 bits per heavy atom. The van der Waals surface area contributed by atoms with Crippen LogP contribution in [-0.2, 0) is 4.79 Å². The van der Waals surface area contributed by atoms with Crippen LogP contribution < -0.4 is 10.1 Å². The lowest BCUT2D eigenvalue weighted by molar-refractivity contribution is -0.118. The molecule has 0 spiro atoms. The van der Waals surface area contributed by atoms with Crippen LogP contribution in [0.4, 0.5) is 5.69 Å². The molecule has 3 rings (SSSR count). The molecule has 0 heterocycles. The summed E-state index contributed by atoms with van der Waals surface area (Å²) in [5, 5.41) is 2.79. The maximum atomic E-state index is 12.7. The van der Waals surface area contributed by atoms with Crippen molar-refractivity contribution in [2.45, 2.75) is 13.8 Å². The summed E-state index contributed by atoms with van der Waals surface area (Å²) in [4.78, 5) is 25.1. The molecule has 0 saturated carbocycles. The molecule has 0 atom stereocenters. The van der Waals surface area contributed by atoms with Gasteiger partial charge >= 0.3 is 0 Å². The summed E-state index contributed by atoms with van der Waals surface area (Å²) in [7, 11) is 0. The second-order valence-electron chi connectivity index (χ2n) is 6.30. The smallest absolute Gasteiger partial charge is 0.262 e. The Balaban J connectivity index is 1.73. The Bertz CT molecular complexity index is 944. The van der Waals surface area contributed by atoms with E-state index >= 15 is 0 Å². The molecular weight excluding hydrogens is 338 g/mol. The van der Waals surface area contributed by atoms with Crippen LogP contribution in [0.3, 0.4) is 0 Å². The maximum Gasteiger partial charge on any atom is 0.262 e. The van der Waals surface area contributed by atoms with Gasteiger partial charge in [-0.3, -0.25) is 9.59 Å². The predicted molar refractivity (Wildman–Crippen MR) is 106 cm³/mol. The molecule has 27 heavy (non-hydrogen) atoms. The minimum Gasteiger partial charge on any atom is -0.483 e. The molecule has 0 saturated heterocycles. The number of ketones is 1. The fourth-order valence-electron chi connectivity index (χ4n) is 2.89. The monoisotopic (exact) mass is 359 g/mol. The van der Waals surface area contributed by atoms with Gasteiger partial charge in [-0.2, -0.15) is 0 Å². The van der Waals surface area contributed by atoms with Gasteiger partial charge in [0.05, 0.1) is 5.69 Å². The normalized spacial score (nSPS) is 10.3. The summed E-state index contributed by atoms with van der Waals surface area (Å²) in [6.45, 7) is 3.75. The number of para-hydroxylation sites is 2. The molecule has 0 aliphatic rings. The van der Waals surface area contributed by atoms with Crippen molar-refractivity contribution < 1.29 is 14.3 Å². The number of hydrogen-bond donors (Lipinski definition) is 1. The lowest BCUT2D eigenvalue weighted by Gasteiger charge is -2.13. The summed E-state index contributed by atoms with van der Waals surface area (Å²) < 4.78 is 5.69. The van der Waals surface area contributed by atoms with Gasteiger partial charge in [0.25, 0.3) is 5.91 Å². The van der Waals surface area contributed by atoms with Crippen LogP contribution >= 0.6 is 0 Å². The topological polar surface area (TPSA) is 55.4 Å². The van der Waals surface area contributed by atoms with Crippen molar-refractivity contribution in [2.24, 2.45) is 0 Å². The van der Waals surface area contributed by atoms with E-state index in [0.29, 0.717) is 22.6 Å². The van der Waals surface area contributed by atoms with Crippen LogP contribution in [0.2, 0.25) is 0 Å². The Labute approximate surface area is 158 Å². The molecule has 0 aliphatic heterocycles. The highest BCUT2D eigenvalue weighted by Gasteiger charge is 2.15. The summed E-state index contributed by atoms with van der Waals surface area (Å²) in [5.74, 6) is 0.259. The average Bonchev–Trinajstić information content (AvgIpc) is 2.68. The standard InChI is InChI=1S/C23H21NO3/c1-16-9-8-10-17(2)23(16)27-15-21(25)24-20-14-7-6-13-19(20)22(26)18-11-4-3-5-12-18/h3-14H,15H2,1-2H3,(H,24,25). The molecule has 3 aromatic rings. The second kappa shape index (κ2) is 8.32. The SMILES string of the molecule is Cc1cccc(C)c1OCC(=O)Nc1ccccc1C(=O)c1ccccc1. The first-order valence-corrected chi connectivity index (χ1v) is 8.74. The highest BCUT2D eigenvalue weighted by Crippen LogP contribution is 2.23. The molecule has 0 fully saturated rings. The highest BCUT2D eigenvalue weighted by atomic mass is 16.5. The molecule has 0 radical (unpaired) electrons. The largest absolute Gasteiger partial charge is 0.483 e. The van der Waals surface area contributed by atoms with E-state index in [1.54, 1.807) is 36.4 Å². The van der Waals surface area contributed by atoms with E-state index in [2.05, 4.69) is 5.32 Å². The van der Waals surface area contributed by atoms with Crippen molar-refractivity contribution in [3.63, 3.8) is 0 Å². The fourth-order valence-corrected chi connectivity index (χ4v) is 2.89. The third-order valence-corrected chi connectivity index (χ3v) is 4.24. The van der Waals surface area contributed by atoms with Crippen molar-refractivity contribution in [3.8, 4) is 5.75 Å². The van der Waals surface area contributed by atoms with Crippen molar-refractivity contribution >= 4 is 17.4 Å². The van der Waals surface area contributed by atoms with E-state index < -0.39 is 0 Å². The number of nitrogens with one attached hydrogen (secondary N) is 1. The van der Waals surface area contributed by atoms with E-state index in [4.69, 9.17) is 4.74 Å². The van der Waals surface area contributed by atoms with Crippen molar-refractivity contribution in [1.82, 2.24) is 0 Å². The summed E-state index contributed by atoms with van der Waals surface area (Å²) in [6.07, 6.45) is 0. The third kappa shape index (κ3) is 4.42. The van der Waals surface area contributed by atoms with Crippen molar-refractivity contribution in [1.29, 1.82) is 0 Å². The van der Waals surface area contributed by atoms with Crippen molar-refractivity contribution in [3.05, 3.63) is 95.1 Å². The molecule has 136 valence electrons. The number of anilines is 1. The van der Waals surface area contributed by atoms with Crippen LogP contribution in [0.25, 0.3) is 0 Å². The lowest BCUT2D eigenvalue weighted by Crippen LogP contribution is -2.22. The number of aryl methyl sites for hydroxylation is 2. The van der Waals surface area contributed by atoms with E-state index in [1.165, 1.54) is 0 Å². The van der Waals surface area contributed by atoms with Gasteiger partial charge in [0, 0.05) is 11.1 Å². The molecule has 4 heteroatoms. The van der Waals surface area contributed by atoms with Crippen LogP contribution in [0.1, 0.15) is 27.0 Å². The number of carbonyl (C=O) groups excluding carboxylic acids is 2. The summed E-state index contributed by atoms with van der Waals surface area (Å²) in [6, 6.07) is 21.8.